The van der Waals surface area contributed by atoms with Gasteiger partial charge >= 0.3 is 0 Å². The fraction of sp³-hybridized carbons (Fsp3) is 0.667. The SMILES string of the molecule is CCC(C)CN(CC)C(=O)c1n[nH]c(C)c1N. The summed E-state index contributed by atoms with van der Waals surface area (Å²) in [7, 11) is 0. The van der Waals surface area contributed by atoms with E-state index in [-0.39, 0.29) is 5.91 Å². The van der Waals surface area contributed by atoms with Crippen LogP contribution >= 0.6 is 0 Å². The van der Waals surface area contributed by atoms with Crippen LogP contribution in [0.2, 0.25) is 0 Å². The molecule has 0 saturated carbocycles. The fourth-order valence-corrected chi connectivity index (χ4v) is 1.61. The Morgan fingerprint density at radius 2 is 2.18 bits per heavy atom. The Morgan fingerprint density at radius 1 is 1.53 bits per heavy atom. The highest BCUT2D eigenvalue weighted by Crippen LogP contribution is 2.16. The molecule has 1 rings (SSSR count). The molecule has 0 aromatic carbocycles. The minimum Gasteiger partial charge on any atom is -0.395 e. The number of rotatable bonds is 5. The van der Waals surface area contributed by atoms with Crippen molar-refractivity contribution in [1.82, 2.24) is 15.1 Å². The van der Waals surface area contributed by atoms with Gasteiger partial charge in [-0.1, -0.05) is 20.3 Å². The van der Waals surface area contributed by atoms with Gasteiger partial charge in [-0.25, -0.2) is 0 Å². The molecule has 96 valence electrons. The molecule has 0 fully saturated rings. The standard InChI is InChI=1S/C12H22N4O/c1-5-8(3)7-16(6-2)12(17)11-10(13)9(4)14-15-11/h8H,5-7,13H2,1-4H3,(H,14,15). The molecule has 1 atom stereocenters. The summed E-state index contributed by atoms with van der Waals surface area (Å²) in [6.07, 6.45) is 1.05. The summed E-state index contributed by atoms with van der Waals surface area (Å²) in [5.41, 5.74) is 7.36. The van der Waals surface area contributed by atoms with E-state index in [9.17, 15) is 4.79 Å². The fourth-order valence-electron chi connectivity index (χ4n) is 1.61. The van der Waals surface area contributed by atoms with E-state index in [0.29, 0.717) is 23.8 Å². The highest BCUT2D eigenvalue weighted by molar-refractivity contribution is 5.97. The summed E-state index contributed by atoms with van der Waals surface area (Å²) in [6, 6.07) is 0. The van der Waals surface area contributed by atoms with Crippen molar-refractivity contribution in [2.45, 2.75) is 34.1 Å². The summed E-state index contributed by atoms with van der Waals surface area (Å²) in [5.74, 6) is 0.398. The van der Waals surface area contributed by atoms with E-state index in [1.54, 1.807) is 4.90 Å². The molecular weight excluding hydrogens is 216 g/mol. The summed E-state index contributed by atoms with van der Waals surface area (Å²) in [5, 5.41) is 6.72. The lowest BCUT2D eigenvalue weighted by atomic mass is 10.1. The molecule has 5 heteroatoms. The molecule has 1 unspecified atom stereocenters. The van der Waals surface area contributed by atoms with Gasteiger partial charge in [0.25, 0.3) is 5.91 Å². The molecule has 0 bridgehead atoms. The van der Waals surface area contributed by atoms with E-state index >= 15 is 0 Å². The van der Waals surface area contributed by atoms with Crippen molar-refractivity contribution in [2.24, 2.45) is 5.92 Å². The molecule has 1 heterocycles. The van der Waals surface area contributed by atoms with Crippen molar-refractivity contribution in [3.63, 3.8) is 0 Å². The van der Waals surface area contributed by atoms with Crippen LogP contribution < -0.4 is 5.73 Å². The molecule has 5 nitrogen and oxygen atoms in total. The van der Waals surface area contributed by atoms with Gasteiger partial charge in [0, 0.05) is 13.1 Å². The van der Waals surface area contributed by atoms with Crippen molar-refractivity contribution in [3.05, 3.63) is 11.4 Å². The van der Waals surface area contributed by atoms with Crippen LogP contribution in [0.25, 0.3) is 0 Å². The molecule has 0 radical (unpaired) electrons. The van der Waals surface area contributed by atoms with E-state index in [1.165, 1.54) is 0 Å². The lowest BCUT2D eigenvalue weighted by Crippen LogP contribution is -2.35. The summed E-state index contributed by atoms with van der Waals surface area (Å²) >= 11 is 0. The Labute approximate surface area is 102 Å². The van der Waals surface area contributed by atoms with Crippen molar-refractivity contribution in [2.75, 3.05) is 18.8 Å². The van der Waals surface area contributed by atoms with Gasteiger partial charge in [-0.15, -0.1) is 0 Å². The number of nitrogens with one attached hydrogen (secondary N) is 1. The average Bonchev–Trinajstić information content (AvgIpc) is 2.66. The van der Waals surface area contributed by atoms with Gasteiger partial charge < -0.3 is 10.6 Å². The number of nitrogen functional groups attached to an aromatic ring is 1. The van der Waals surface area contributed by atoms with Crippen LogP contribution in [0.15, 0.2) is 0 Å². The Morgan fingerprint density at radius 3 is 2.59 bits per heavy atom. The summed E-state index contributed by atoms with van der Waals surface area (Å²) < 4.78 is 0. The van der Waals surface area contributed by atoms with Crippen molar-refractivity contribution < 1.29 is 4.79 Å². The first kappa shape index (κ1) is 13.5. The lowest BCUT2D eigenvalue weighted by molar-refractivity contribution is 0.0736. The molecule has 0 spiro atoms. The number of aromatic nitrogens is 2. The molecule has 0 aliphatic carbocycles. The predicted octanol–water partition coefficient (Wildman–Crippen LogP) is 1.81. The lowest BCUT2D eigenvalue weighted by Gasteiger charge is -2.23. The smallest absolute Gasteiger partial charge is 0.276 e. The number of hydrogen-bond donors (Lipinski definition) is 2. The number of carbonyl (C=O) groups is 1. The van der Waals surface area contributed by atoms with Crippen LogP contribution in [0.4, 0.5) is 5.69 Å². The van der Waals surface area contributed by atoms with Gasteiger partial charge in [-0.3, -0.25) is 9.89 Å². The zero-order chi connectivity index (χ0) is 13.0. The van der Waals surface area contributed by atoms with Crippen LogP contribution in [-0.4, -0.2) is 34.1 Å². The number of nitrogens with two attached hydrogens (primary N) is 1. The number of H-pyrrole nitrogens is 1. The molecule has 0 aliphatic rings. The number of aryl methyl sites for hydroxylation is 1. The van der Waals surface area contributed by atoms with Crippen molar-refractivity contribution in [1.29, 1.82) is 0 Å². The molecule has 1 aromatic heterocycles. The molecule has 0 aliphatic heterocycles. The van der Waals surface area contributed by atoms with Crippen LogP contribution in [0.1, 0.15) is 43.4 Å². The molecule has 1 aromatic rings. The Hall–Kier alpha value is -1.52. The summed E-state index contributed by atoms with van der Waals surface area (Å²) in [4.78, 5) is 14.0. The van der Waals surface area contributed by atoms with E-state index < -0.39 is 0 Å². The zero-order valence-electron chi connectivity index (χ0n) is 11.1. The highest BCUT2D eigenvalue weighted by atomic mass is 16.2. The second-order valence-electron chi connectivity index (χ2n) is 4.47. The number of aromatic amines is 1. The van der Waals surface area contributed by atoms with Crippen molar-refractivity contribution >= 4 is 11.6 Å². The largest absolute Gasteiger partial charge is 0.395 e. The third-order valence-electron chi connectivity index (χ3n) is 3.10. The van der Waals surface area contributed by atoms with E-state index in [2.05, 4.69) is 24.0 Å². The van der Waals surface area contributed by atoms with Crippen LogP contribution in [-0.2, 0) is 0 Å². The zero-order valence-corrected chi connectivity index (χ0v) is 11.1. The minimum absolute atomic E-state index is 0.0883. The maximum Gasteiger partial charge on any atom is 0.276 e. The van der Waals surface area contributed by atoms with Gasteiger partial charge in [0.15, 0.2) is 5.69 Å². The first-order valence-electron chi connectivity index (χ1n) is 6.10. The van der Waals surface area contributed by atoms with Crippen LogP contribution in [0.3, 0.4) is 0 Å². The quantitative estimate of drug-likeness (QED) is 0.821. The van der Waals surface area contributed by atoms with Crippen LogP contribution in [0, 0.1) is 12.8 Å². The number of nitrogens with zero attached hydrogens (tertiary/aromatic N) is 2. The topological polar surface area (TPSA) is 75.0 Å². The predicted molar refractivity (Wildman–Crippen MR) is 68.8 cm³/mol. The normalized spacial score (nSPS) is 12.5. The number of anilines is 1. The molecule has 1 amide bonds. The number of amides is 1. The highest BCUT2D eigenvalue weighted by Gasteiger charge is 2.21. The number of carbonyl (C=O) groups excluding carboxylic acids is 1. The first-order valence-corrected chi connectivity index (χ1v) is 6.10. The molecule has 3 N–H and O–H groups in total. The average molecular weight is 238 g/mol. The van der Waals surface area contributed by atoms with Gasteiger partial charge in [-0.05, 0) is 19.8 Å². The monoisotopic (exact) mass is 238 g/mol. The Bertz CT molecular complexity index is 386. The van der Waals surface area contributed by atoms with Gasteiger partial charge in [0.1, 0.15) is 0 Å². The van der Waals surface area contributed by atoms with Gasteiger partial charge in [0.2, 0.25) is 0 Å². The van der Waals surface area contributed by atoms with E-state index in [0.717, 1.165) is 18.7 Å². The summed E-state index contributed by atoms with van der Waals surface area (Å²) in [6.45, 7) is 9.46. The van der Waals surface area contributed by atoms with Gasteiger partial charge in [0.05, 0.1) is 11.4 Å². The molecule has 0 saturated heterocycles. The second-order valence-corrected chi connectivity index (χ2v) is 4.47. The Kier molecular flexibility index (Phi) is 4.54. The molecular formula is C12H22N4O. The third-order valence-corrected chi connectivity index (χ3v) is 3.10. The second kappa shape index (κ2) is 5.70. The van der Waals surface area contributed by atoms with E-state index in [1.807, 2.05) is 13.8 Å². The number of hydrogen-bond acceptors (Lipinski definition) is 3. The molecule has 17 heavy (non-hydrogen) atoms. The van der Waals surface area contributed by atoms with Crippen molar-refractivity contribution in [3.8, 4) is 0 Å². The maximum absolute atomic E-state index is 12.2. The Balaban J connectivity index is 2.83. The van der Waals surface area contributed by atoms with Gasteiger partial charge in [-0.2, -0.15) is 5.10 Å². The van der Waals surface area contributed by atoms with Crippen LogP contribution in [0.5, 0.6) is 0 Å². The maximum atomic E-state index is 12.2. The third kappa shape index (κ3) is 2.99. The first-order chi connectivity index (χ1) is 8.01. The minimum atomic E-state index is -0.0883. The van der Waals surface area contributed by atoms with E-state index in [4.69, 9.17) is 5.73 Å².